The van der Waals surface area contributed by atoms with E-state index in [1.165, 1.54) is 12.1 Å². The number of anilines is 1. The molecular weight excluding hydrogens is 387 g/mol. The van der Waals surface area contributed by atoms with Gasteiger partial charge in [0.2, 0.25) is 5.91 Å². The molecule has 2 N–H and O–H groups in total. The van der Waals surface area contributed by atoms with Gasteiger partial charge in [0.1, 0.15) is 5.82 Å². The Kier molecular flexibility index (Phi) is 6.79. The van der Waals surface area contributed by atoms with Crippen LogP contribution in [0.25, 0.3) is 0 Å². The van der Waals surface area contributed by atoms with E-state index >= 15 is 0 Å². The molecule has 0 aliphatic carbocycles. The van der Waals surface area contributed by atoms with Crippen molar-refractivity contribution >= 4 is 28.9 Å². The van der Waals surface area contributed by atoms with Crippen molar-refractivity contribution in [1.82, 2.24) is 15.1 Å². The molecular formula is C22H33FN4OS. The van der Waals surface area contributed by atoms with Gasteiger partial charge in [0.25, 0.3) is 0 Å². The van der Waals surface area contributed by atoms with Gasteiger partial charge in [0.05, 0.1) is 11.7 Å². The Balaban J connectivity index is 1.69. The summed E-state index contributed by atoms with van der Waals surface area (Å²) in [6.45, 7) is 10.1. The van der Waals surface area contributed by atoms with Gasteiger partial charge in [-0.3, -0.25) is 10.1 Å². The number of hydrogen-bond donors (Lipinski definition) is 2. The van der Waals surface area contributed by atoms with Crippen LogP contribution in [-0.2, 0) is 4.79 Å². The zero-order valence-corrected chi connectivity index (χ0v) is 18.7. The molecule has 5 nitrogen and oxygen atoms in total. The summed E-state index contributed by atoms with van der Waals surface area (Å²) in [4.78, 5) is 17.5. The SMILES string of the molecule is CC[C@@H](C)[C@H]1NC2(CCN(C(=S)Nc3ccc(F)cc3)CC2)N([C@@H](C)CC)C1=O. The lowest BCUT2D eigenvalue weighted by atomic mass is 9.94. The lowest BCUT2D eigenvalue weighted by Crippen LogP contribution is -2.61. The Morgan fingerprint density at radius 2 is 1.86 bits per heavy atom. The quantitative estimate of drug-likeness (QED) is 0.706. The van der Waals surface area contributed by atoms with Gasteiger partial charge in [-0.2, -0.15) is 0 Å². The summed E-state index contributed by atoms with van der Waals surface area (Å²) in [5, 5.41) is 7.57. The highest BCUT2D eigenvalue weighted by atomic mass is 32.1. The highest BCUT2D eigenvalue weighted by Crippen LogP contribution is 2.37. The number of carbonyl (C=O) groups excluding carboxylic acids is 1. The topological polar surface area (TPSA) is 47.6 Å². The normalized spacial score (nSPS) is 23.3. The van der Waals surface area contributed by atoms with E-state index in [1.54, 1.807) is 12.1 Å². The maximum atomic E-state index is 13.2. The van der Waals surface area contributed by atoms with Crippen molar-refractivity contribution in [3.63, 3.8) is 0 Å². The van der Waals surface area contributed by atoms with Gasteiger partial charge in [-0.1, -0.05) is 27.2 Å². The van der Waals surface area contributed by atoms with Crippen LogP contribution < -0.4 is 10.6 Å². The fraction of sp³-hybridized carbons (Fsp3) is 0.636. The first-order chi connectivity index (χ1) is 13.8. The molecule has 2 aliphatic heterocycles. The van der Waals surface area contributed by atoms with Gasteiger partial charge >= 0.3 is 0 Å². The smallest absolute Gasteiger partial charge is 0.241 e. The molecule has 2 saturated heterocycles. The summed E-state index contributed by atoms with van der Waals surface area (Å²) in [5.41, 5.74) is 0.492. The minimum atomic E-state index is -0.289. The molecule has 0 aromatic heterocycles. The molecule has 2 heterocycles. The van der Waals surface area contributed by atoms with Crippen molar-refractivity contribution < 1.29 is 9.18 Å². The number of likely N-dealkylation sites (tertiary alicyclic amines) is 1. The summed E-state index contributed by atoms with van der Waals surface area (Å²) < 4.78 is 13.1. The molecule has 1 aromatic carbocycles. The van der Waals surface area contributed by atoms with E-state index in [4.69, 9.17) is 12.2 Å². The highest BCUT2D eigenvalue weighted by molar-refractivity contribution is 7.80. The van der Waals surface area contributed by atoms with Crippen molar-refractivity contribution in [3.05, 3.63) is 30.1 Å². The molecule has 0 radical (unpaired) electrons. The van der Waals surface area contributed by atoms with Crippen LogP contribution in [0.3, 0.4) is 0 Å². The Bertz CT molecular complexity index is 733. The molecule has 0 saturated carbocycles. The van der Waals surface area contributed by atoms with Crippen molar-refractivity contribution in [3.8, 4) is 0 Å². The summed E-state index contributed by atoms with van der Waals surface area (Å²) in [5.74, 6) is 0.293. The molecule has 1 aromatic rings. The third kappa shape index (κ3) is 4.40. The van der Waals surface area contributed by atoms with Gasteiger partial charge in [-0.05, 0) is 55.7 Å². The average molecular weight is 421 g/mol. The molecule has 0 unspecified atom stereocenters. The first-order valence-electron chi connectivity index (χ1n) is 10.7. The van der Waals surface area contributed by atoms with Crippen LogP contribution in [0.2, 0.25) is 0 Å². The fourth-order valence-electron chi connectivity index (χ4n) is 4.43. The van der Waals surface area contributed by atoms with E-state index in [1.807, 2.05) is 0 Å². The van der Waals surface area contributed by atoms with E-state index in [0.717, 1.165) is 44.5 Å². The number of nitrogens with zero attached hydrogens (tertiary/aromatic N) is 2. The third-order valence-corrected chi connectivity index (χ3v) is 6.97. The molecule has 1 amide bonds. The molecule has 3 atom stereocenters. The van der Waals surface area contributed by atoms with Crippen LogP contribution >= 0.6 is 12.2 Å². The Labute approximate surface area is 179 Å². The van der Waals surface area contributed by atoms with Crippen molar-refractivity contribution in [2.75, 3.05) is 18.4 Å². The first kappa shape index (κ1) is 22.0. The molecule has 0 bridgehead atoms. The fourth-order valence-corrected chi connectivity index (χ4v) is 4.73. The number of hydrogen-bond acceptors (Lipinski definition) is 3. The molecule has 160 valence electrons. The second kappa shape index (κ2) is 8.96. The number of thiocarbonyl (C=S) groups is 1. The number of piperidine rings is 1. The molecule has 7 heteroatoms. The van der Waals surface area contributed by atoms with Crippen LogP contribution in [0.1, 0.15) is 53.4 Å². The van der Waals surface area contributed by atoms with E-state index in [9.17, 15) is 9.18 Å². The van der Waals surface area contributed by atoms with Crippen molar-refractivity contribution in [2.45, 2.75) is 71.1 Å². The van der Waals surface area contributed by atoms with Crippen LogP contribution in [-0.4, -0.2) is 51.7 Å². The standard InChI is InChI=1S/C22H33FN4OS/c1-5-15(3)19-20(28)27(16(4)6-2)22(25-19)11-13-26(14-12-22)21(29)24-18-9-7-17(23)8-10-18/h7-10,15-16,19,25H,5-6,11-14H2,1-4H3,(H,24,29)/t15-,16+,19-/m1/s1. The van der Waals surface area contributed by atoms with Gasteiger partial charge in [0.15, 0.2) is 5.11 Å². The second-order valence-electron chi connectivity index (χ2n) is 8.43. The zero-order valence-electron chi connectivity index (χ0n) is 17.9. The Hall–Kier alpha value is -1.73. The maximum absolute atomic E-state index is 13.2. The van der Waals surface area contributed by atoms with Crippen LogP contribution in [0.5, 0.6) is 0 Å². The number of amides is 1. The lowest BCUT2D eigenvalue weighted by Gasteiger charge is -2.47. The van der Waals surface area contributed by atoms with Gasteiger partial charge in [0, 0.05) is 37.7 Å². The predicted octanol–water partition coefficient (Wildman–Crippen LogP) is 3.96. The number of carbonyl (C=O) groups is 1. The van der Waals surface area contributed by atoms with Gasteiger partial charge < -0.3 is 15.1 Å². The van der Waals surface area contributed by atoms with Gasteiger partial charge in [-0.15, -0.1) is 0 Å². The Morgan fingerprint density at radius 1 is 1.24 bits per heavy atom. The number of benzene rings is 1. The summed E-state index contributed by atoms with van der Waals surface area (Å²) in [6, 6.07) is 6.31. The van der Waals surface area contributed by atoms with E-state index in [0.29, 0.717) is 11.0 Å². The van der Waals surface area contributed by atoms with Gasteiger partial charge in [-0.25, -0.2) is 4.39 Å². The van der Waals surface area contributed by atoms with E-state index in [2.05, 4.69) is 48.1 Å². The van der Waals surface area contributed by atoms with Crippen LogP contribution in [0.15, 0.2) is 24.3 Å². The molecule has 2 fully saturated rings. The monoisotopic (exact) mass is 420 g/mol. The summed E-state index contributed by atoms with van der Waals surface area (Å²) in [7, 11) is 0. The van der Waals surface area contributed by atoms with Crippen LogP contribution in [0.4, 0.5) is 10.1 Å². The van der Waals surface area contributed by atoms with E-state index in [-0.39, 0.29) is 29.5 Å². The number of halogens is 1. The minimum Gasteiger partial charge on any atom is -0.349 e. The summed E-state index contributed by atoms with van der Waals surface area (Å²) in [6.07, 6.45) is 3.59. The molecule has 29 heavy (non-hydrogen) atoms. The average Bonchev–Trinajstić information content (AvgIpc) is 3.00. The predicted molar refractivity (Wildman–Crippen MR) is 119 cm³/mol. The zero-order chi connectivity index (χ0) is 21.2. The summed E-state index contributed by atoms with van der Waals surface area (Å²) >= 11 is 5.58. The van der Waals surface area contributed by atoms with Crippen LogP contribution in [0, 0.1) is 11.7 Å². The highest BCUT2D eigenvalue weighted by Gasteiger charge is 2.53. The molecule has 2 aliphatic rings. The maximum Gasteiger partial charge on any atom is 0.241 e. The molecule has 1 spiro atoms. The lowest BCUT2D eigenvalue weighted by molar-refractivity contribution is -0.136. The van der Waals surface area contributed by atoms with Crippen molar-refractivity contribution in [2.24, 2.45) is 5.92 Å². The van der Waals surface area contributed by atoms with Crippen molar-refractivity contribution in [1.29, 1.82) is 0 Å². The third-order valence-electron chi connectivity index (χ3n) is 6.61. The number of nitrogens with one attached hydrogen (secondary N) is 2. The largest absolute Gasteiger partial charge is 0.349 e. The first-order valence-corrected chi connectivity index (χ1v) is 11.1. The number of rotatable bonds is 5. The second-order valence-corrected chi connectivity index (χ2v) is 8.82. The van der Waals surface area contributed by atoms with E-state index < -0.39 is 0 Å². The Morgan fingerprint density at radius 3 is 2.41 bits per heavy atom. The molecule has 3 rings (SSSR count). The minimum absolute atomic E-state index is 0.107.